The van der Waals surface area contributed by atoms with Gasteiger partial charge in [-0.05, 0) is 117 Å². The summed E-state index contributed by atoms with van der Waals surface area (Å²) in [4.78, 5) is 2.36. The number of fused-ring (bicyclic) bond motifs is 7. The van der Waals surface area contributed by atoms with Gasteiger partial charge in [-0.1, -0.05) is 158 Å². The van der Waals surface area contributed by atoms with Crippen molar-refractivity contribution in [1.29, 1.82) is 0 Å². The fourth-order valence-electron chi connectivity index (χ4n) is 9.35. The summed E-state index contributed by atoms with van der Waals surface area (Å²) in [5.74, 6) is 0. The molecule has 10 aromatic carbocycles. The molecule has 0 atom stereocenters. The van der Waals surface area contributed by atoms with Crippen LogP contribution in [0.4, 0.5) is 17.1 Å². The Morgan fingerprint density at radius 3 is 1.59 bits per heavy atom. The van der Waals surface area contributed by atoms with Gasteiger partial charge in [0, 0.05) is 33.2 Å². The van der Waals surface area contributed by atoms with Gasteiger partial charge in [-0.25, -0.2) is 0 Å². The molecule has 0 unspecified atom stereocenters. The van der Waals surface area contributed by atoms with Crippen molar-refractivity contribution in [3.05, 3.63) is 231 Å². The molecular formula is C58H38N2O. The average molecular weight is 779 g/mol. The molecule has 0 amide bonds. The first-order valence-corrected chi connectivity index (χ1v) is 20.8. The lowest BCUT2D eigenvalue weighted by atomic mass is 9.94. The Morgan fingerprint density at radius 2 is 0.869 bits per heavy atom. The molecule has 3 nitrogen and oxygen atoms in total. The van der Waals surface area contributed by atoms with Gasteiger partial charge < -0.3 is 13.9 Å². The summed E-state index contributed by atoms with van der Waals surface area (Å²) in [5, 5.41) is 7.14. The fourth-order valence-corrected chi connectivity index (χ4v) is 9.35. The summed E-state index contributed by atoms with van der Waals surface area (Å²) < 4.78 is 8.83. The second-order valence-corrected chi connectivity index (χ2v) is 15.7. The number of hydrogen-bond acceptors (Lipinski definition) is 2. The van der Waals surface area contributed by atoms with E-state index in [0.29, 0.717) is 0 Å². The van der Waals surface area contributed by atoms with Crippen molar-refractivity contribution in [3.63, 3.8) is 0 Å². The minimum atomic E-state index is 0.865. The van der Waals surface area contributed by atoms with Crippen LogP contribution < -0.4 is 4.90 Å². The number of furan rings is 1. The molecule has 0 aliphatic heterocycles. The quantitative estimate of drug-likeness (QED) is 0.161. The number of para-hydroxylation sites is 3. The molecule has 0 fully saturated rings. The predicted molar refractivity (Wildman–Crippen MR) is 257 cm³/mol. The van der Waals surface area contributed by atoms with E-state index in [1.807, 2.05) is 12.1 Å². The first-order valence-electron chi connectivity index (χ1n) is 20.8. The first kappa shape index (κ1) is 34.9. The first-order chi connectivity index (χ1) is 30.2. The molecular weight excluding hydrogens is 741 g/mol. The van der Waals surface area contributed by atoms with E-state index in [0.717, 1.165) is 55.8 Å². The van der Waals surface area contributed by atoms with Crippen molar-refractivity contribution in [2.24, 2.45) is 0 Å². The Bertz CT molecular complexity index is 3520. The van der Waals surface area contributed by atoms with Crippen molar-refractivity contribution in [2.75, 3.05) is 4.90 Å². The molecule has 0 N–H and O–H groups in total. The highest BCUT2D eigenvalue weighted by Gasteiger charge is 2.20. The zero-order valence-electron chi connectivity index (χ0n) is 33.2. The van der Waals surface area contributed by atoms with E-state index in [-0.39, 0.29) is 0 Å². The number of rotatable bonds is 7. The molecule has 12 aromatic rings. The second-order valence-electron chi connectivity index (χ2n) is 15.7. The van der Waals surface area contributed by atoms with Gasteiger partial charge in [0.1, 0.15) is 11.2 Å². The van der Waals surface area contributed by atoms with Crippen molar-refractivity contribution >= 4 is 71.6 Å². The normalized spacial score (nSPS) is 11.6. The molecule has 3 heteroatoms. The largest absolute Gasteiger partial charge is 0.456 e. The monoisotopic (exact) mass is 778 g/mol. The number of anilines is 3. The minimum absolute atomic E-state index is 0.865. The van der Waals surface area contributed by atoms with E-state index in [4.69, 9.17) is 4.42 Å². The van der Waals surface area contributed by atoms with Crippen molar-refractivity contribution < 1.29 is 4.42 Å². The van der Waals surface area contributed by atoms with Crippen LogP contribution in [0.1, 0.15) is 0 Å². The Kier molecular flexibility index (Phi) is 8.17. The van der Waals surface area contributed by atoms with Crippen LogP contribution in [-0.4, -0.2) is 4.57 Å². The fraction of sp³-hybridized carbons (Fsp3) is 0. The number of nitrogens with zero attached hydrogens (tertiary/aromatic N) is 2. The number of benzene rings is 10. The van der Waals surface area contributed by atoms with Gasteiger partial charge in [-0.15, -0.1) is 0 Å². The molecule has 0 aliphatic carbocycles. The Labute approximate surface area is 353 Å². The Morgan fingerprint density at radius 1 is 0.344 bits per heavy atom. The van der Waals surface area contributed by atoms with Gasteiger partial charge in [0.25, 0.3) is 0 Å². The van der Waals surface area contributed by atoms with E-state index < -0.39 is 0 Å². The zero-order chi connectivity index (χ0) is 40.3. The van der Waals surface area contributed by atoms with Gasteiger partial charge in [0.15, 0.2) is 0 Å². The SMILES string of the molecule is c1ccc(-c2ccc(N(c3ccc(-c4cc(-c5cccc6ccccc56)cc(-n5c6ccccc6c6ccccc65)c4)cc3)c3cccc4oc5ccccc5c34)cc2)cc1. The summed E-state index contributed by atoms with van der Waals surface area (Å²) in [6, 6.07) is 83.0. The molecule has 0 saturated carbocycles. The molecule has 0 bridgehead atoms. The summed E-state index contributed by atoms with van der Waals surface area (Å²) in [5.41, 5.74) is 15.5. The van der Waals surface area contributed by atoms with Crippen LogP contribution in [0.5, 0.6) is 0 Å². The predicted octanol–water partition coefficient (Wildman–Crippen LogP) is 16.3. The molecule has 286 valence electrons. The summed E-state index contributed by atoms with van der Waals surface area (Å²) >= 11 is 0. The van der Waals surface area contributed by atoms with Gasteiger partial charge in [-0.2, -0.15) is 0 Å². The molecule has 12 rings (SSSR count). The van der Waals surface area contributed by atoms with E-state index >= 15 is 0 Å². The zero-order valence-corrected chi connectivity index (χ0v) is 33.2. The summed E-state index contributed by atoms with van der Waals surface area (Å²) in [7, 11) is 0. The standard InChI is InChI=1S/C58H38N2O/c1-2-14-39(15-3-1)40-28-32-45(33-29-40)59(55-25-13-27-57-58(55)52-21-8-11-26-56(52)61-57)46-34-30-41(31-35-46)43-36-44(49-22-12-17-42-16-4-5-18-48(42)49)38-47(37-43)60-53-23-9-6-19-50(53)51-20-7-10-24-54(51)60/h1-38H. The van der Waals surface area contributed by atoms with Crippen LogP contribution in [0, 0.1) is 0 Å². The van der Waals surface area contributed by atoms with Crippen LogP contribution in [0.2, 0.25) is 0 Å². The van der Waals surface area contributed by atoms with Gasteiger partial charge in [0.2, 0.25) is 0 Å². The maximum Gasteiger partial charge on any atom is 0.137 e. The third-order valence-electron chi connectivity index (χ3n) is 12.2. The topological polar surface area (TPSA) is 21.3 Å². The third kappa shape index (κ3) is 5.90. The molecule has 0 aliphatic rings. The maximum atomic E-state index is 6.41. The van der Waals surface area contributed by atoms with Crippen LogP contribution in [0.3, 0.4) is 0 Å². The molecule has 2 heterocycles. The van der Waals surface area contributed by atoms with E-state index in [1.54, 1.807) is 0 Å². The maximum absolute atomic E-state index is 6.41. The van der Waals surface area contributed by atoms with Crippen LogP contribution >= 0.6 is 0 Å². The van der Waals surface area contributed by atoms with E-state index in [2.05, 4.69) is 228 Å². The highest BCUT2D eigenvalue weighted by molar-refractivity contribution is 6.13. The van der Waals surface area contributed by atoms with Gasteiger partial charge in [-0.3, -0.25) is 0 Å². The highest BCUT2D eigenvalue weighted by Crippen LogP contribution is 2.44. The Balaban J connectivity index is 1.04. The number of aromatic nitrogens is 1. The van der Waals surface area contributed by atoms with E-state index in [1.165, 1.54) is 54.8 Å². The van der Waals surface area contributed by atoms with Crippen molar-refractivity contribution in [2.45, 2.75) is 0 Å². The lowest BCUT2D eigenvalue weighted by Crippen LogP contribution is -2.10. The molecule has 0 saturated heterocycles. The smallest absolute Gasteiger partial charge is 0.137 e. The minimum Gasteiger partial charge on any atom is -0.456 e. The highest BCUT2D eigenvalue weighted by atomic mass is 16.3. The van der Waals surface area contributed by atoms with E-state index in [9.17, 15) is 0 Å². The van der Waals surface area contributed by atoms with Crippen LogP contribution in [0.15, 0.2) is 235 Å². The lowest BCUT2D eigenvalue weighted by molar-refractivity contribution is 0.669. The molecule has 2 aromatic heterocycles. The average Bonchev–Trinajstić information content (AvgIpc) is 3.89. The molecule has 0 radical (unpaired) electrons. The van der Waals surface area contributed by atoms with Crippen LogP contribution in [0.25, 0.3) is 93.6 Å². The van der Waals surface area contributed by atoms with Crippen molar-refractivity contribution in [1.82, 2.24) is 4.57 Å². The van der Waals surface area contributed by atoms with Crippen LogP contribution in [-0.2, 0) is 0 Å². The molecule has 0 spiro atoms. The molecule has 61 heavy (non-hydrogen) atoms. The van der Waals surface area contributed by atoms with Crippen molar-refractivity contribution in [3.8, 4) is 39.1 Å². The summed E-state index contributed by atoms with van der Waals surface area (Å²) in [6.45, 7) is 0. The summed E-state index contributed by atoms with van der Waals surface area (Å²) in [6.07, 6.45) is 0. The third-order valence-corrected chi connectivity index (χ3v) is 12.2. The van der Waals surface area contributed by atoms with Gasteiger partial charge >= 0.3 is 0 Å². The number of hydrogen-bond donors (Lipinski definition) is 0. The van der Waals surface area contributed by atoms with Gasteiger partial charge in [0.05, 0.1) is 22.1 Å². The lowest BCUT2D eigenvalue weighted by Gasteiger charge is -2.26. The second kappa shape index (κ2) is 14.3. The Hall–Kier alpha value is -8.14.